The van der Waals surface area contributed by atoms with E-state index in [1.54, 1.807) is 0 Å². The minimum atomic E-state index is -1.63. The summed E-state index contributed by atoms with van der Waals surface area (Å²) in [6.45, 7) is -1.36. The van der Waals surface area contributed by atoms with E-state index in [4.69, 9.17) is 28.7 Å². The second kappa shape index (κ2) is 18.8. The van der Waals surface area contributed by atoms with E-state index < -0.39 is 103 Å². The third-order valence-corrected chi connectivity index (χ3v) is 6.90. The number of aliphatic hydroxyl groups is 1. The van der Waals surface area contributed by atoms with Gasteiger partial charge in [-0.3, -0.25) is 33.8 Å². The van der Waals surface area contributed by atoms with Gasteiger partial charge in [0.2, 0.25) is 29.5 Å². The first-order valence-electron chi connectivity index (χ1n) is 14.7. The first-order chi connectivity index (χ1) is 22.2. The van der Waals surface area contributed by atoms with Gasteiger partial charge in [-0.15, -0.1) is 0 Å². The predicted octanol–water partition coefficient (Wildman–Crippen LogP) is -8.23. The largest absolute Gasteiger partial charge is 0.394 e. The van der Waals surface area contributed by atoms with Crippen molar-refractivity contribution in [2.24, 2.45) is 33.7 Å². The number of rotatable bonds is 10. The molecule has 0 radical (unpaired) electrons. The highest BCUT2D eigenvalue weighted by Gasteiger charge is 2.35. The van der Waals surface area contributed by atoms with Crippen LogP contribution >= 0.6 is 0 Å². The number of carbonyl (C=O) groups is 7. The number of nitrogens with one attached hydrogen (secondary N) is 8. The number of hydrogen-bond acceptors (Lipinski definition) is 14. The molecule has 0 unspecified atom stereocenters. The Morgan fingerprint density at radius 3 is 2.36 bits per heavy atom. The fourth-order valence-corrected chi connectivity index (χ4v) is 4.35. The Morgan fingerprint density at radius 1 is 1.02 bits per heavy atom. The Bertz CT molecular complexity index is 1240. The van der Waals surface area contributed by atoms with Crippen LogP contribution in [0.4, 0.5) is 4.79 Å². The van der Waals surface area contributed by atoms with Gasteiger partial charge in [-0.2, -0.15) is 0 Å². The van der Waals surface area contributed by atoms with Crippen molar-refractivity contribution in [3.05, 3.63) is 11.9 Å². The molecule has 22 heteroatoms. The van der Waals surface area contributed by atoms with Crippen LogP contribution in [0.1, 0.15) is 25.7 Å². The maximum Gasteiger partial charge on any atom is 0.316 e. The molecule has 2 rings (SSSR count). The molecule has 6 atom stereocenters. The zero-order valence-corrected chi connectivity index (χ0v) is 25.5. The van der Waals surface area contributed by atoms with E-state index in [1.165, 1.54) is 0 Å². The molecule has 0 aromatic heterocycles. The van der Waals surface area contributed by atoms with Crippen molar-refractivity contribution in [3.63, 3.8) is 0 Å². The van der Waals surface area contributed by atoms with Gasteiger partial charge in [0.05, 0.1) is 12.6 Å². The summed E-state index contributed by atoms with van der Waals surface area (Å²) >= 11 is 0. The highest BCUT2D eigenvalue weighted by Crippen LogP contribution is 2.07. The molecule has 0 spiro atoms. The first kappa shape index (κ1) is 38.1. The van der Waals surface area contributed by atoms with Crippen molar-refractivity contribution >= 4 is 47.4 Å². The summed E-state index contributed by atoms with van der Waals surface area (Å²) < 4.78 is 0. The summed E-state index contributed by atoms with van der Waals surface area (Å²) in [6, 6.07) is -8.54. The molecule has 47 heavy (non-hydrogen) atoms. The molecule has 0 aromatic carbocycles. The van der Waals surface area contributed by atoms with E-state index in [0.717, 1.165) is 6.20 Å². The van der Waals surface area contributed by atoms with Crippen LogP contribution in [-0.4, -0.2) is 122 Å². The van der Waals surface area contributed by atoms with Crippen molar-refractivity contribution in [3.8, 4) is 0 Å². The van der Waals surface area contributed by atoms with Gasteiger partial charge in [0.1, 0.15) is 29.9 Å². The van der Waals surface area contributed by atoms with Gasteiger partial charge in [-0.05, 0) is 25.8 Å². The monoisotopic (exact) mass is 668 g/mol. The van der Waals surface area contributed by atoms with Crippen LogP contribution in [-0.2, 0) is 28.8 Å². The van der Waals surface area contributed by atoms with Gasteiger partial charge in [0.15, 0.2) is 5.96 Å². The molecule has 8 amide bonds. The maximum absolute atomic E-state index is 13.5. The number of nitrogens with two attached hydrogens (primary N) is 5. The molecule has 2 heterocycles. The molecule has 0 bridgehead atoms. The number of carbonyl (C=O) groups excluding carboxylic acids is 7. The second-order valence-electron chi connectivity index (χ2n) is 10.7. The summed E-state index contributed by atoms with van der Waals surface area (Å²) in [5.74, 6) is -5.62. The van der Waals surface area contributed by atoms with Crippen molar-refractivity contribution < 1.29 is 38.7 Å². The van der Waals surface area contributed by atoms with Crippen molar-refractivity contribution in [2.75, 3.05) is 32.8 Å². The van der Waals surface area contributed by atoms with Gasteiger partial charge in [-0.1, -0.05) is 0 Å². The first-order valence-corrected chi connectivity index (χ1v) is 14.7. The number of urea groups is 1. The summed E-state index contributed by atoms with van der Waals surface area (Å²) in [5, 5.41) is 28.7. The van der Waals surface area contributed by atoms with Crippen molar-refractivity contribution in [1.29, 1.82) is 0 Å². The van der Waals surface area contributed by atoms with Crippen molar-refractivity contribution in [1.82, 2.24) is 42.5 Å². The number of guanidine groups is 1. The van der Waals surface area contributed by atoms with Gasteiger partial charge < -0.3 is 76.3 Å². The summed E-state index contributed by atoms with van der Waals surface area (Å²) in [4.78, 5) is 93.9. The minimum absolute atomic E-state index is 0.0120. The topological polar surface area (TPSA) is 378 Å². The van der Waals surface area contributed by atoms with Crippen LogP contribution in [0, 0.1) is 0 Å². The molecule has 2 aliphatic heterocycles. The Hall–Kier alpha value is -5.06. The van der Waals surface area contributed by atoms with E-state index in [2.05, 4.69) is 42.2 Å². The zero-order chi connectivity index (χ0) is 35.1. The second-order valence-corrected chi connectivity index (χ2v) is 10.7. The number of aliphatic hydroxyl groups excluding tert-OH is 1. The molecular weight excluding hydrogens is 624 g/mol. The normalized spacial score (nSPS) is 26.3. The molecule has 0 aliphatic carbocycles. The van der Waals surface area contributed by atoms with Crippen LogP contribution < -0.4 is 71.2 Å². The average Bonchev–Trinajstić information content (AvgIpc) is 3.02. The molecule has 0 saturated carbocycles. The SMILES string of the molecule is NCCC[C@@H](N)CC(=O)NC[C@@H]1NC(=O)[C@H](CO)NC(=O)[C@@H](N)CNC(=O)[C@H]([C@H]2CCN=C(N)N2)NC(=O)/C(=C/NC(N)=O)NC1=O. The summed E-state index contributed by atoms with van der Waals surface area (Å²) in [5.41, 5.74) is 27.6. The van der Waals surface area contributed by atoms with E-state index in [1.807, 2.05) is 5.32 Å². The molecule has 262 valence electrons. The van der Waals surface area contributed by atoms with Crippen LogP contribution in [0.5, 0.6) is 0 Å². The fraction of sp³-hybridized carbons (Fsp3) is 0.600. The van der Waals surface area contributed by atoms with E-state index in [-0.39, 0.29) is 25.3 Å². The number of nitrogens with zero attached hydrogens (tertiary/aromatic N) is 1. The van der Waals surface area contributed by atoms with E-state index in [9.17, 15) is 38.7 Å². The molecule has 1 saturated heterocycles. The Balaban J connectivity index is 2.45. The highest BCUT2D eigenvalue weighted by molar-refractivity contribution is 6.02. The molecular formula is C25H44N14O8. The smallest absolute Gasteiger partial charge is 0.316 e. The quantitative estimate of drug-likeness (QED) is 0.0963. The van der Waals surface area contributed by atoms with Gasteiger partial charge >= 0.3 is 6.03 Å². The lowest BCUT2D eigenvalue weighted by molar-refractivity contribution is -0.134. The summed E-state index contributed by atoms with van der Waals surface area (Å²) in [7, 11) is 0. The van der Waals surface area contributed by atoms with Crippen LogP contribution in [0.15, 0.2) is 16.9 Å². The lowest BCUT2D eigenvalue weighted by atomic mass is 10.0. The molecule has 0 aromatic rings. The van der Waals surface area contributed by atoms with Gasteiger partial charge in [0.25, 0.3) is 5.91 Å². The standard InChI is InChI=1S/C25H44N14O8/c26-4-1-2-11(27)6-17(41)32-8-14-20(43)35-15(9-34-25(30)47)21(44)39-18(13-3-5-31-24(29)38-13)23(46)33-7-12(28)19(42)37-16(10-40)22(45)36-14/h9,11-14,16,18,40H,1-8,10,26-28H2,(H,32,41)(H,33,46)(H,35,43)(H,36,45)(H,37,42)(H,39,44)(H3,29,31,38)(H3,30,34,47)/b15-9-/t11-,12+,13-,14+,16+,18+/m1/s1. The lowest BCUT2D eigenvalue weighted by Gasteiger charge is -2.31. The predicted molar refractivity (Wildman–Crippen MR) is 165 cm³/mol. The molecule has 22 nitrogen and oxygen atoms in total. The summed E-state index contributed by atoms with van der Waals surface area (Å²) in [6.07, 6.45) is 1.86. The Morgan fingerprint density at radius 2 is 1.72 bits per heavy atom. The van der Waals surface area contributed by atoms with Crippen molar-refractivity contribution in [2.45, 2.75) is 61.9 Å². The number of aliphatic imine (C=N–C) groups is 1. The molecule has 1 fully saturated rings. The lowest BCUT2D eigenvalue weighted by Crippen LogP contribution is -2.64. The molecule has 2 aliphatic rings. The zero-order valence-electron chi connectivity index (χ0n) is 25.5. The Kier molecular flexibility index (Phi) is 15.2. The van der Waals surface area contributed by atoms with Gasteiger partial charge in [0, 0.05) is 38.3 Å². The van der Waals surface area contributed by atoms with E-state index in [0.29, 0.717) is 19.4 Å². The average molecular weight is 669 g/mol. The number of primary amides is 1. The third kappa shape index (κ3) is 12.7. The number of hydrogen-bond donors (Lipinski definition) is 14. The fourth-order valence-electron chi connectivity index (χ4n) is 4.35. The Labute approximate surface area is 269 Å². The van der Waals surface area contributed by atoms with Crippen LogP contribution in [0.25, 0.3) is 0 Å². The van der Waals surface area contributed by atoms with E-state index >= 15 is 0 Å². The molecule has 19 N–H and O–H groups in total. The van der Waals surface area contributed by atoms with Gasteiger partial charge in [-0.25, -0.2) is 4.79 Å². The minimum Gasteiger partial charge on any atom is -0.394 e. The van der Waals surface area contributed by atoms with Crippen LogP contribution in [0.2, 0.25) is 0 Å². The highest BCUT2D eigenvalue weighted by atomic mass is 16.3. The number of amides is 8. The van der Waals surface area contributed by atoms with Crippen LogP contribution in [0.3, 0.4) is 0 Å². The third-order valence-electron chi connectivity index (χ3n) is 6.90. The maximum atomic E-state index is 13.5.